The molecule has 1 unspecified atom stereocenters. The zero-order valence-electron chi connectivity index (χ0n) is 8.45. The van der Waals surface area contributed by atoms with Crippen LogP contribution in [0.25, 0.3) is 0 Å². The summed E-state index contributed by atoms with van der Waals surface area (Å²) >= 11 is 0. The zero-order chi connectivity index (χ0) is 12.2. The lowest BCUT2D eigenvalue weighted by Crippen LogP contribution is -2.35. The molecule has 0 saturated carbocycles. The summed E-state index contributed by atoms with van der Waals surface area (Å²) in [5, 5.41) is 11.1. The summed E-state index contributed by atoms with van der Waals surface area (Å²) in [5.74, 6) is 0.742. The predicted octanol–water partition coefficient (Wildman–Crippen LogP) is 1.43. The van der Waals surface area contributed by atoms with Gasteiger partial charge in [0.2, 0.25) is 0 Å². The third kappa shape index (κ3) is 3.58. The van der Waals surface area contributed by atoms with E-state index < -0.39 is 18.8 Å². The normalized spacial score (nSPS) is 13.3. The maximum absolute atomic E-state index is 11.9. The van der Waals surface area contributed by atoms with E-state index in [0.29, 0.717) is 5.75 Å². The lowest BCUT2D eigenvalue weighted by Gasteiger charge is -2.15. The monoisotopic (exact) mass is 236 g/mol. The Bertz CT molecular complexity index is 327. The summed E-state index contributed by atoms with van der Waals surface area (Å²) in [6.45, 7) is -0.636. The van der Waals surface area contributed by atoms with Gasteiger partial charge in [-0.3, -0.25) is 0 Å². The molecule has 2 N–H and O–H groups in total. The van der Waals surface area contributed by atoms with E-state index in [1.54, 1.807) is 6.07 Å². The molecule has 0 aliphatic carbocycles. The topological polar surface area (TPSA) is 54.4 Å². The molecule has 0 aliphatic heterocycles. The van der Waals surface area contributed by atoms with Crippen LogP contribution in [0.15, 0.2) is 18.3 Å². The quantitative estimate of drug-likeness (QED) is 0.830. The molecular formula is C9H11F3N2O2. The average molecular weight is 236 g/mol. The number of alkyl halides is 3. The van der Waals surface area contributed by atoms with Gasteiger partial charge in [-0.15, -0.1) is 0 Å². The molecule has 0 aromatic carbocycles. The van der Waals surface area contributed by atoms with Crippen molar-refractivity contribution in [2.45, 2.75) is 12.3 Å². The summed E-state index contributed by atoms with van der Waals surface area (Å²) in [4.78, 5) is 3.79. The Morgan fingerprint density at radius 2 is 2.19 bits per heavy atom. The first-order valence-corrected chi connectivity index (χ1v) is 4.42. The summed E-state index contributed by atoms with van der Waals surface area (Å²) in [5.41, 5.74) is 0. The van der Waals surface area contributed by atoms with Crippen molar-refractivity contribution in [3.05, 3.63) is 18.3 Å². The van der Waals surface area contributed by atoms with E-state index in [1.165, 1.54) is 19.4 Å². The van der Waals surface area contributed by atoms with Crippen LogP contribution in [-0.2, 0) is 0 Å². The molecule has 0 spiro atoms. The molecule has 1 aromatic heterocycles. The van der Waals surface area contributed by atoms with Gasteiger partial charge in [0.1, 0.15) is 11.6 Å². The second-order valence-corrected chi connectivity index (χ2v) is 3.02. The third-order valence-corrected chi connectivity index (χ3v) is 1.83. The highest BCUT2D eigenvalue weighted by Crippen LogP contribution is 2.20. The number of pyridine rings is 1. The van der Waals surface area contributed by atoms with Crippen LogP contribution in [0.2, 0.25) is 0 Å². The highest BCUT2D eigenvalue weighted by molar-refractivity contribution is 5.37. The van der Waals surface area contributed by atoms with Gasteiger partial charge in [-0.25, -0.2) is 4.98 Å². The Balaban J connectivity index is 2.48. The van der Waals surface area contributed by atoms with Crippen LogP contribution in [-0.4, -0.2) is 36.0 Å². The van der Waals surface area contributed by atoms with Gasteiger partial charge in [0.25, 0.3) is 0 Å². The van der Waals surface area contributed by atoms with Crippen LogP contribution in [0.4, 0.5) is 19.0 Å². The molecule has 1 rings (SSSR count). The van der Waals surface area contributed by atoms with Crippen molar-refractivity contribution in [3.63, 3.8) is 0 Å². The fourth-order valence-electron chi connectivity index (χ4n) is 0.923. The first-order valence-electron chi connectivity index (χ1n) is 4.42. The molecule has 1 aromatic rings. The van der Waals surface area contributed by atoms with E-state index in [4.69, 9.17) is 9.84 Å². The van der Waals surface area contributed by atoms with E-state index in [0.717, 1.165) is 0 Å². The summed E-state index contributed by atoms with van der Waals surface area (Å²) in [6.07, 6.45) is -5.67. The van der Waals surface area contributed by atoms with Gasteiger partial charge in [0.05, 0.1) is 19.9 Å². The predicted molar refractivity (Wildman–Crippen MR) is 51.3 cm³/mol. The van der Waals surface area contributed by atoms with Crippen molar-refractivity contribution in [3.8, 4) is 5.75 Å². The van der Waals surface area contributed by atoms with Gasteiger partial charge in [0, 0.05) is 0 Å². The van der Waals surface area contributed by atoms with Crippen molar-refractivity contribution in [2.75, 3.05) is 19.0 Å². The van der Waals surface area contributed by atoms with Crippen molar-refractivity contribution >= 4 is 5.82 Å². The Labute approximate surface area is 90.1 Å². The van der Waals surface area contributed by atoms with Crippen molar-refractivity contribution in [2.24, 2.45) is 0 Å². The molecule has 0 amide bonds. The molecule has 1 atom stereocenters. The number of anilines is 1. The second-order valence-electron chi connectivity index (χ2n) is 3.02. The van der Waals surface area contributed by atoms with Gasteiger partial charge in [-0.05, 0) is 12.1 Å². The van der Waals surface area contributed by atoms with Crippen LogP contribution in [0.1, 0.15) is 0 Å². The summed E-state index contributed by atoms with van der Waals surface area (Å²) < 4.78 is 40.6. The fourth-order valence-corrected chi connectivity index (χ4v) is 0.923. The van der Waals surface area contributed by atoms with Crippen LogP contribution >= 0.6 is 0 Å². The van der Waals surface area contributed by atoms with Crippen LogP contribution in [0, 0.1) is 0 Å². The molecule has 1 heterocycles. The zero-order valence-corrected chi connectivity index (χ0v) is 8.45. The van der Waals surface area contributed by atoms with E-state index in [9.17, 15) is 13.2 Å². The Hall–Kier alpha value is -1.50. The molecule has 4 nitrogen and oxygen atoms in total. The number of aliphatic hydroxyl groups is 1. The third-order valence-electron chi connectivity index (χ3n) is 1.83. The lowest BCUT2D eigenvalue weighted by atomic mass is 10.3. The Morgan fingerprint density at radius 3 is 2.62 bits per heavy atom. The van der Waals surface area contributed by atoms with Gasteiger partial charge < -0.3 is 15.2 Å². The molecular weight excluding hydrogens is 225 g/mol. The molecule has 0 bridgehead atoms. The van der Waals surface area contributed by atoms with Crippen LogP contribution < -0.4 is 10.1 Å². The number of aliphatic hydroxyl groups excluding tert-OH is 1. The van der Waals surface area contributed by atoms with Crippen LogP contribution in [0.5, 0.6) is 5.75 Å². The number of rotatable bonds is 4. The molecule has 90 valence electrons. The largest absolute Gasteiger partial charge is 0.495 e. The van der Waals surface area contributed by atoms with E-state index in [2.05, 4.69) is 10.3 Å². The minimum Gasteiger partial charge on any atom is -0.495 e. The number of ether oxygens (including phenoxy) is 1. The lowest BCUT2D eigenvalue weighted by molar-refractivity contribution is -0.198. The maximum Gasteiger partial charge on any atom is 0.416 e. The number of hydrogen-bond acceptors (Lipinski definition) is 4. The van der Waals surface area contributed by atoms with Gasteiger partial charge in [-0.2, -0.15) is 13.2 Å². The first kappa shape index (κ1) is 12.6. The van der Waals surface area contributed by atoms with Crippen molar-refractivity contribution in [1.82, 2.24) is 4.98 Å². The van der Waals surface area contributed by atoms with Crippen LogP contribution in [0.3, 0.4) is 0 Å². The molecule has 0 saturated heterocycles. The number of methoxy groups -OCH3 is 1. The number of nitrogens with one attached hydrogen (secondary N) is 1. The number of hydrogen-bond donors (Lipinski definition) is 2. The Kier molecular flexibility index (Phi) is 3.94. The van der Waals surface area contributed by atoms with Gasteiger partial charge >= 0.3 is 6.18 Å². The molecule has 0 radical (unpaired) electrons. The number of nitrogens with zero attached hydrogens (tertiary/aromatic N) is 1. The molecule has 7 heteroatoms. The van der Waals surface area contributed by atoms with E-state index in [1.807, 2.05) is 0 Å². The SMILES string of the molecule is COc1ccc(NCC(O)C(F)(F)F)nc1. The van der Waals surface area contributed by atoms with Crippen molar-refractivity contribution < 1.29 is 23.0 Å². The number of halogens is 3. The van der Waals surface area contributed by atoms with Crippen molar-refractivity contribution in [1.29, 1.82) is 0 Å². The standard InChI is InChI=1S/C9H11F3N2O2/c1-16-6-2-3-8(13-4-6)14-5-7(15)9(10,11)12/h2-4,7,15H,5H2,1H3,(H,13,14). The number of aromatic nitrogens is 1. The molecule has 16 heavy (non-hydrogen) atoms. The summed E-state index contributed by atoms with van der Waals surface area (Å²) in [7, 11) is 1.46. The maximum atomic E-state index is 11.9. The van der Waals surface area contributed by atoms with E-state index in [-0.39, 0.29) is 5.82 Å². The summed E-state index contributed by atoms with van der Waals surface area (Å²) in [6, 6.07) is 3.01. The van der Waals surface area contributed by atoms with Gasteiger partial charge in [-0.1, -0.05) is 0 Å². The minimum absolute atomic E-state index is 0.240. The molecule has 0 fully saturated rings. The minimum atomic E-state index is -4.63. The Morgan fingerprint density at radius 1 is 1.50 bits per heavy atom. The molecule has 0 aliphatic rings. The smallest absolute Gasteiger partial charge is 0.416 e. The highest BCUT2D eigenvalue weighted by atomic mass is 19.4. The highest BCUT2D eigenvalue weighted by Gasteiger charge is 2.37. The van der Waals surface area contributed by atoms with Gasteiger partial charge in [0.15, 0.2) is 6.10 Å². The second kappa shape index (κ2) is 5.02. The average Bonchev–Trinajstić information content (AvgIpc) is 2.25. The van der Waals surface area contributed by atoms with E-state index >= 15 is 0 Å². The first-order chi connectivity index (χ1) is 7.43. The fraction of sp³-hybridized carbons (Fsp3) is 0.444.